The lowest BCUT2D eigenvalue weighted by molar-refractivity contribution is 0.251. The van der Waals surface area contributed by atoms with Crippen LogP contribution in [0.25, 0.3) is 0 Å². The molecule has 2 aromatic rings. The van der Waals surface area contributed by atoms with Gasteiger partial charge >= 0.3 is 0 Å². The standard InChI is InChI=1S/C14H18N2O3S2/c1-2-13-5-6-14(20-13)21(18,19)16(8-9-17)11-12-4-3-7-15-10-12/h3-7,10,17H,2,8-9,11H2,1H3. The lowest BCUT2D eigenvalue weighted by Gasteiger charge is -2.20. The van der Waals surface area contributed by atoms with E-state index in [4.69, 9.17) is 5.11 Å². The average Bonchev–Trinajstić information content (AvgIpc) is 2.97. The molecule has 2 heterocycles. The van der Waals surface area contributed by atoms with Crippen LogP contribution in [0.15, 0.2) is 40.9 Å². The van der Waals surface area contributed by atoms with Gasteiger partial charge in [0.1, 0.15) is 4.21 Å². The van der Waals surface area contributed by atoms with Gasteiger partial charge in [-0.25, -0.2) is 8.42 Å². The Balaban J connectivity index is 2.27. The van der Waals surface area contributed by atoms with E-state index in [9.17, 15) is 8.42 Å². The van der Waals surface area contributed by atoms with Crippen LogP contribution in [0.1, 0.15) is 17.4 Å². The minimum atomic E-state index is -3.59. The third-order valence-electron chi connectivity index (χ3n) is 3.01. The van der Waals surface area contributed by atoms with Crippen LogP contribution in [0.5, 0.6) is 0 Å². The number of sulfonamides is 1. The van der Waals surface area contributed by atoms with Crippen LogP contribution in [0.3, 0.4) is 0 Å². The van der Waals surface area contributed by atoms with Crippen LogP contribution in [-0.2, 0) is 23.0 Å². The summed E-state index contributed by atoms with van der Waals surface area (Å²) in [5.41, 5.74) is 0.793. The van der Waals surface area contributed by atoms with E-state index in [0.29, 0.717) is 4.21 Å². The number of hydrogen-bond acceptors (Lipinski definition) is 5. The maximum Gasteiger partial charge on any atom is 0.252 e. The van der Waals surface area contributed by atoms with Gasteiger partial charge in [0.25, 0.3) is 10.0 Å². The molecule has 0 aliphatic carbocycles. The SMILES string of the molecule is CCc1ccc(S(=O)(=O)N(CCO)Cc2cccnc2)s1. The van der Waals surface area contributed by atoms with E-state index in [-0.39, 0.29) is 19.7 Å². The normalized spacial score (nSPS) is 12.0. The van der Waals surface area contributed by atoms with Crippen molar-refractivity contribution in [1.82, 2.24) is 9.29 Å². The van der Waals surface area contributed by atoms with Crippen molar-refractivity contribution in [2.45, 2.75) is 24.1 Å². The minimum absolute atomic E-state index is 0.0661. The molecule has 2 rings (SSSR count). The third kappa shape index (κ3) is 3.88. The van der Waals surface area contributed by atoms with E-state index >= 15 is 0 Å². The zero-order valence-corrected chi connectivity index (χ0v) is 13.4. The van der Waals surface area contributed by atoms with Gasteiger partial charge < -0.3 is 5.11 Å². The van der Waals surface area contributed by atoms with Gasteiger partial charge in [-0.3, -0.25) is 4.98 Å². The fourth-order valence-corrected chi connectivity index (χ4v) is 4.77. The molecule has 5 nitrogen and oxygen atoms in total. The number of aliphatic hydroxyl groups excluding tert-OH is 1. The number of rotatable bonds is 7. The van der Waals surface area contributed by atoms with Crippen LogP contribution >= 0.6 is 11.3 Å². The number of hydrogen-bond donors (Lipinski definition) is 1. The smallest absolute Gasteiger partial charge is 0.252 e. The molecule has 7 heteroatoms. The Morgan fingerprint density at radius 3 is 2.71 bits per heavy atom. The Morgan fingerprint density at radius 2 is 2.14 bits per heavy atom. The monoisotopic (exact) mass is 326 g/mol. The second-order valence-electron chi connectivity index (χ2n) is 4.50. The highest BCUT2D eigenvalue weighted by Crippen LogP contribution is 2.26. The highest BCUT2D eigenvalue weighted by atomic mass is 32.2. The number of thiophene rings is 1. The Kier molecular flexibility index (Phi) is 5.46. The molecular weight excluding hydrogens is 308 g/mol. The first-order valence-electron chi connectivity index (χ1n) is 6.66. The van der Waals surface area contributed by atoms with Gasteiger partial charge in [-0.15, -0.1) is 11.3 Å². The molecular formula is C14H18N2O3S2. The molecule has 0 saturated carbocycles. The third-order valence-corrected chi connectivity index (χ3v) is 6.55. The molecule has 0 spiro atoms. The summed E-state index contributed by atoms with van der Waals surface area (Å²) in [6.07, 6.45) is 4.08. The Bertz CT molecular complexity index is 669. The Morgan fingerprint density at radius 1 is 1.33 bits per heavy atom. The zero-order chi connectivity index (χ0) is 15.3. The average molecular weight is 326 g/mol. The molecule has 0 radical (unpaired) electrons. The van der Waals surface area contributed by atoms with Crippen LogP contribution < -0.4 is 0 Å². The molecule has 0 saturated heterocycles. The van der Waals surface area contributed by atoms with Crippen molar-refractivity contribution in [1.29, 1.82) is 0 Å². The highest BCUT2D eigenvalue weighted by molar-refractivity contribution is 7.91. The van der Waals surface area contributed by atoms with Crippen LogP contribution in [0, 0.1) is 0 Å². The van der Waals surface area contributed by atoms with Crippen molar-refractivity contribution in [3.63, 3.8) is 0 Å². The summed E-state index contributed by atoms with van der Waals surface area (Å²) in [4.78, 5) is 5.02. The van der Waals surface area contributed by atoms with Gasteiger partial charge in [0.2, 0.25) is 0 Å². The van der Waals surface area contributed by atoms with Crippen molar-refractivity contribution < 1.29 is 13.5 Å². The predicted octanol–water partition coefficient (Wildman–Crippen LogP) is 1.89. The van der Waals surface area contributed by atoms with Gasteiger partial charge in [0.05, 0.1) is 6.61 Å². The number of nitrogens with zero attached hydrogens (tertiary/aromatic N) is 2. The summed E-state index contributed by atoms with van der Waals surface area (Å²) >= 11 is 1.28. The maximum absolute atomic E-state index is 12.7. The van der Waals surface area contributed by atoms with Gasteiger partial charge in [0, 0.05) is 30.4 Å². The molecule has 0 atom stereocenters. The van der Waals surface area contributed by atoms with Crippen LogP contribution in [0.4, 0.5) is 0 Å². The summed E-state index contributed by atoms with van der Waals surface area (Å²) in [5.74, 6) is 0. The number of pyridine rings is 1. The lowest BCUT2D eigenvalue weighted by atomic mass is 10.3. The van der Waals surface area contributed by atoms with Crippen molar-refractivity contribution >= 4 is 21.4 Å². The van der Waals surface area contributed by atoms with Gasteiger partial charge in [-0.05, 0) is 30.2 Å². The molecule has 0 aromatic carbocycles. The second kappa shape index (κ2) is 7.13. The highest BCUT2D eigenvalue weighted by Gasteiger charge is 2.25. The minimum Gasteiger partial charge on any atom is -0.395 e. The summed E-state index contributed by atoms with van der Waals surface area (Å²) in [5, 5.41) is 9.16. The largest absolute Gasteiger partial charge is 0.395 e. The molecule has 1 N–H and O–H groups in total. The second-order valence-corrected chi connectivity index (χ2v) is 7.83. The summed E-state index contributed by atoms with van der Waals surface area (Å²) in [6.45, 7) is 2.04. The van der Waals surface area contributed by atoms with Crippen molar-refractivity contribution in [3.8, 4) is 0 Å². The first kappa shape index (κ1) is 16.1. The molecule has 0 unspecified atom stereocenters. The van der Waals surface area contributed by atoms with Crippen LogP contribution in [0.2, 0.25) is 0 Å². The molecule has 0 aliphatic heterocycles. The molecule has 0 amide bonds. The van der Waals surface area contributed by atoms with Gasteiger partial charge in [0.15, 0.2) is 0 Å². The Hall–Kier alpha value is -1.28. The summed E-state index contributed by atoms with van der Waals surface area (Å²) < 4.78 is 26.9. The fourth-order valence-electron chi connectivity index (χ4n) is 1.91. The molecule has 21 heavy (non-hydrogen) atoms. The maximum atomic E-state index is 12.7. The van der Waals surface area contributed by atoms with Crippen molar-refractivity contribution in [2.24, 2.45) is 0 Å². The van der Waals surface area contributed by atoms with Crippen molar-refractivity contribution in [3.05, 3.63) is 47.1 Å². The molecule has 0 bridgehead atoms. The number of aryl methyl sites for hydroxylation is 1. The number of aromatic nitrogens is 1. The summed E-state index contributed by atoms with van der Waals surface area (Å²) in [7, 11) is -3.59. The van der Waals surface area contributed by atoms with Gasteiger partial charge in [-0.2, -0.15) is 4.31 Å². The first-order valence-corrected chi connectivity index (χ1v) is 8.92. The quantitative estimate of drug-likeness (QED) is 0.843. The summed E-state index contributed by atoms with van der Waals surface area (Å²) in [6, 6.07) is 7.05. The van der Waals surface area contributed by atoms with Crippen LogP contribution in [-0.4, -0.2) is 36.0 Å². The van der Waals surface area contributed by atoms with E-state index in [1.807, 2.05) is 19.1 Å². The molecule has 0 aliphatic rings. The topological polar surface area (TPSA) is 70.5 Å². The van der Waals surface area contributed by atoms with E-state index < -0.39 is 10.0 Å². The lowest BCUT2D eigenvalue weighted by Crippen LogP contribution is -2.32. The molecule has 2 aromatic heterocycles. The first-order chi connectivity index (χ1) is 10.1. The van der Waals surface area contributed by atoms with E-state index in [2.05, 4.69) is 4.98 Å². The van der Waals surface area contributed by atoms with E-state index in [1.165, 1.54) is 15.6 Å². The Labute approximate surface area is 128 Å². The van der Waals surface area contributed by atoms with E-state index in [1.54, 1.807) is 24.5 Å². The van der Waals surface area contributed by atoms with E-state index in [0.717, 1.165) is 16.9 Å². The number of aliphatic hydroxyl groups is 1. The predicted molar refractivity (Wildman–Crippen MR) is 82.6 cm³/mol. The van der Waals surface area contributed by atoms with Crippen molar-refractivity contribution in [2.75, 3.05) is 13.2 Å². The fraction of sp³-hybridized carbons (Fsp3) is 0.357. The molecule has 0 fully saturated rings. The van der Waals surface area contributed by atoms with Gasteiger partial charge in [-0.1, -0.05) is 13.0 Å². The molecule has 114 valence electrons. The zero-order valence-electron chi connectivity index (χ0n) is 11.8.